The van der Waals surface area contributed by atoms with Crippen molar-refractivity contribution in [3.8, 4) is 21.7 Å². The molecule has 0 aliphatic rings. The van der Waals surface area contributed by atoms with Crippen LogP contribution in [0.3, 0.4) is 0 Å². The van der Waals surface area contributed by atoms with E-state index in [1.165, 1.54) is 37.5 Å². The standard InChI is InChI=1S/C20H17NS/c1-2-17-9-11-20(22-17)19-13-16-12-15(8-10-18(16)21-19)14-6-4-3-5-7-14/h3-13,21H,2H2,1H3. The van der Waals surface area contributed by atoms with Gasteiger partial charge < -0.3 is 4.98 Å². The zero-order valence-corrected chi connectivity index (χ0v) is 13.3. The van der Waals surface area contributed by atoms with Gasteiger partial charge in [0.2, 0.25) is 0 Å². The SMILES string of the molecule is CCc1ccc(-c2cc3cc(-c4ccccc4)ccc3[nH]2)s1. The molecular weight excluding hydrogens is 286 g/mol. The Morgan fingerprint density at radius 2 is 1.73 bits per heavy atom. The van der Waals surface area contributed by atoms with Crippen LogP contribution in [0.15, 0.2) is 66.7 Å². The molecule has 0 radical (unpaired) electrons. The smallest absolute Gasteiger partial charge is 0.0566 e. The van der Waals surface area contributed by atoms with Gasteiger partial charge in [-0.05, 0) is 47.9 Å². The molecule has 0 amide bonds. The normalized spacial score (nSPS) is 11.1. The summed E-state index contributed by atoms with van der Waals surface area (Å²) in [6, 6.07) is 23.8. The van der Waals surface area contributed by atoms with E-state index in [0.29, 0.717) is 0 Å². The van der Waals surface area contributed by atoms with Crippen molar-refractivity contribution in [3.05, 3.63) is 71.6 Å². The highest BCUT2D eigenvalue weighted by molar-refractivity contribution is 7.15. The largest absolute Gasteiger partial charge is 0.354 e. The zero-order valence-electron chi connectivity index (χ0n) is 12.5. The van der Waals surface area contributed by atoms with Gasteiger partial charge in [-0.25, -0.2) is 0 Å². The molecule has 1 N–H and O–H groups in total. The Kier molecular flexibility index (Phi) is 3.32. The second kappa shape index (κ2) is 5.47. The van der Waals surface area contributed by atoms with E-state index in [0.717, 1.165) is 6.42 Å². The molecule has 4 aromatic rings. The van der Waals surface area contributed by atoms with E-state index >= 15 is 0 Å². The fourth-order valence-corrected chi connectivity index (χ4v) is 3.71. The molecule has 2 aromatic heterocycles. The molecule has 2 aromatic carbocycles. The number of fused-ring (bicyclic) bond motifs is 1. The van der Waals surface area contributed by atoms with Crippen LogP contribution in [-0.2, 0) is 6.42 Å². The van der Waals surface area contributed by atoms with Crippen LogP contribution >= 0.6 is 11.3 Å². The van der Waals surface area contributed by atoms with Crippen LogP contribution in [0.1, 0.15) is 11.8 Å². The zero-order chi connectivity index (χ0) is 14.9. The number of aromatic nitrogens is 1. The predicted molar refractivity (Wildman–Crippen MR) is 96.4 cm³/mol. The van der Waals surface area contributed by atoms with Gasteiger partial charge in [0, 0.05) is 15.8 Å². The molecule has 108 valence electrons. The third-order valence-corrected chi connectivity index (χ3v) is 5.27. The van der Waals surface area contributed by atoms with E-state index in [4.69, 9.17) is 0 Å². The molecule has 0 spiro atoms. The lowest BCUT2D eigenvalue weighted by Gasteiger charge is -2.00. The van der Waals surface area contributed by atoms with Crippen LogP contribution in [0, 0.1) is 0 Å². The molecular formula is C20H17NS. The highest BCUT2D eigenvalue weighted by atomic mass is 32.1. The Bertz CT molecular complexity index is 915. The molecule has 0 aliphatic heterocycles. The Labute approximate surface area is 134 Å². The van der Waals surface area contributed by atoms with Crippen LogP contribution in [0.2, 0.25) is 0 Å². The first-order valence-electron chi connectivity index (χ1n) is 7.61. The second-order valence-corrected chi connectivity index (χ2v) is 6.64. The topological polar surface area (TPSA) is 15.8 Å². The van der Waals surface area contributed by atoms with Crippen molar-refractivity contribution in [1.82, 2.24) is 4.98 Å². The summed E-state index contributed by atoms with van der Waals surface area (Å²) in [5.74, 6) is 0. The Morgan fingerprint density at radius 3 is 2.50 bits per heavy atom. The van der Waals surface area contributed by atoms with E-state index in [1.807, 2.05) is 11.3 Å². The van der Waals surface area contributed by atoms with E-state index < -0.39 is 0 Å². The molecule has 1 nitrogen and oxygen atoms in total. The third-order valence-electron chi connectivity index (χ3n) is 4.00. The van der Waals surface area contributed by atoms with Crippen molar-refractivity contribution in [1.29, 1.82) is 0 Å². The molecule has 0 fully saturated rings. The first kappa shape index (κ1) is 13.4. The highest BCUT2D eigenvalue weighted by Gasteiger charge is 2.07. The van der Waals surface area contributed by atoms with Gasteiger partial charge in [-0.3, -0.25) is 0 Å². The summed E-state index contributed by atoms with van der Waals surface area (Å²) in [4.78, 5) is 6.28. The van der Waals surface area contributed by atoms with Crippen molar-refractivity contribution in [2.45, 2.75) is 13.3 Å². The number of rotatable bonds is 3. The minimum absolute atomic E-state index is 1.10. The average molecular weight is 303 g/mol. The maximum absolute atomic E-state index is 3.54. The van der Waals surface area contributed by atoms with Crippen molar-refractivity contribution in [2.24, 2.45) is 0 Å². The molecule has 0 unspecified atom stereocenters. The highest BCUT2D eigenvalue weighted by Crippen LogP contribution is 2.32. The monoisotopic (exact) mass is 303 g/mol. The van der Waals surface area contributed by atoms with Gasteiger partial charge in [0.05, 0.1) is 10.6 Å². The molecule has 0 aliphatic carbocycles. The van der Waals surface area contributed by atoms with Crippen molar-refractivity contribution in [2.75, 3.05) is 0 Å². The van der Waals surface area contributed by atoms with E-state index in [-0.39, 0.29) is 0 Å². The lowest BCUT2D eigenvalue weighted by atomic mass is 10.0. The number of benzene rings is 2. The summed E-state index contributed by atoms with van der Waals surface area (Å²) in [7, 11) is 0. The first-order valence-corrected chi connectivity index (χ1v) is 8.42. The summed E-state index contributed by atoms with van der Waals surface area (Å²) in [6.07, 6.45) is 1.10. The maximum atomic E-state index is 3.54. The second-order valence-electron chi connectivity index (χ2n) is 5.47. The minimum atomic E-state index is 1.10. The lowest BCUT2D eigenvalue weighted by Crippen LogP contribution is -1.76. The molecule has 0 atom stereocenters. The van der Waals surface area contributed by atoms with E-state index in [2.05, 4.69) is 78.6 Å². The fraction of sp³-hybridized carbons (Fsp3) is 0.100. The quantitative estimate of drug-likeness (QED) is 0.469. The Balaban J connectivity index is 1.78. The number of aryl methyl sites for hydroxylation is 1. The van der Waals surface area contributed by atoms with Crippen LogP contribution in [-0.4, -0.2) is 4.98 Å². The number of hydrogen-bond acceptors (Lipinski definition) is 1. The van der Waals surface area contributed by atoms with Crippen molar-refractivity contribution >= 4 is 22.2 Å². The van der Waals surface area contributed by atoms with Crippen LogP contribution in [0.4, 0.5) is 0 Å². The van der Waals surface area contributed by atoms with Crippen LogP contribution in [0.5, 0.6) is 0 Å². The Hall–Kier alpha value is -2.32. The summed E-state index contributed by atoms with van der Waals surface area (Å²) in [5, 5.41) is 1.27. The van der Waals surface area contributed by atoms with Crippen molar-refractivity contribution in [3.63, 3.8) is 0 Å². The van der Waals surface area contributed by atoms with Gasteiger partial charge in [0.25, 0.3) is 0 Å². The van der Waals surface area contributed by atoms with Crippen LogP contribution < -0.4 is 0 Å². The molecule has 2 heteroatoms. The van der Waals surface area contributed by atoms with Gasteiger partial charge in [-0.2, -0.15) is 0 Å². The van der Waals surface area contributed by atoms with Gasteiger partial charge in [0.1, 0.15) is 0 Å². The minimum Gasteiger partial charge on any atom is -0.354 e. The summed E-state index contributed by atoms with van der Waals surface area (Å²) < 4.78 is 0. The Morgan fingerprint density at radius 1 is 0.864 bits per heavy atom. The molecule has 0 bridgehead atoms. The predicted octanol–water partition coefficient (Wildman–Crippen LogP) is 6.13. The molecule has 0 saturated heterocycles. The fourth-order valence-electron chi connectivity index (χ4n) is 2.79. The molecule has 4 rings (SSSR count). The summed E-state index contributed by atoms with van der Waals surface area (Å²) in [6.45, 7) is 2.20. The van der Waals surface area contributed by atoms with E-state index in [1.54, 1.807) is 0 Å². The number of thiophene rings is 1. The maximum Gasteiger partial charge on any atom is 0.0566 e. The lowest BCUT2D eigenvalue weighted by molar-refractivity contribution is 1.19. The number of hydrogen-bond donors (Lipinski definition) is 1. The number of H-pyrrole nitrogens is 1. The molecule has 22 heavy (non-hydrogen) atoms. The van der Waals surface area contributed by atoms with Crippen molar-refractivity contribution < 1.29 is 0 Å². The van der Waals surface area contributed by atoms with Gasteiger partial charge in [-0.15, -0.1) is 11.3 Å². The third kappa shape index (κ3) is 2.36. The van der Waals surface area contributed by atoms with Gasteiger partial charge in [-0.1, -0.05) is 43.3 Å². The van der Waals surface area contributed by atoms with E-state index in [9.17, 15) is 0 Å². The van der Waals surface area contributed by atoms with Crippen LogP contribution in [0.25, 0.3) is 32.6 Å². The first-order chi connectivity index (χ1) is 10.8. The summed E-state index contributed by atoms with van der Waals surface area (Å²) in [5.41, 5.74) is 4.93. The molecule has 2 heterocycles. The number of aromatic amines is 1. The molecule has 0 saturated carbocycles. The number of nitrogens with one attached hydrogen (secondary N) is 1. The van der Waals surface area contributed by atoms with Gasteiger partial charge >= 0.3 is 0 Å². The summed E-state index contributed by atoms with van der Waals surface area (Å²) >= 11 is 1.87. The van der Waals surface area contributed by atoms with Gasteiger partial charge in [0.15, 0.2) is 0 Å². The average Bonchev–Trinajstić information content (AvgIpc) is 3.21.